The van der Waals surface area contributed by atoms with Gasteiger partial charge in [0.15, 0.2) is 0 Å². The number of rotatable bonds is 4. The molecule has 0 saturated heterocycles. The normalized spacial score (nSPS) is 13.8. The second kappa shape index (κ2) is 5.46. The highest BCUT2D eigenvalue weighted by Gasteiger charge is 2.24. The monoisotopic (exact) mass is 280 g/mol. The molecule has 2 rings (SSSR count). The molecule has 0 radical (unpaired) electrons. The van der Waals surface area contributed by atoms with Crippen LogP contribution in [0.2, 0.25) is 0 Å². The second-order valence-electron chi connectivity index (χ2n) is 4.31. The van der Waals surface area contributed by atoms with Crippen LogP contribution < -0.4 is 5.32 Å². The largest absolute Gasteiger partial charge is 0.384 e. The molecule has 0 bridgehead atoms. The van der Waals surface area contributed by atoms with E-state index in [4.69, 9.17) is 0 Å². The number of carbonyl (C=O) groups is 1. The van der Waals surface area contributed by atoms with Gasteiger partial charge in [-0.15, -0.1) is 0 Å². The summed E-state index contributed by atoms with van der Waals surface area (Å²) in [5, 5.41) is 16.4. The third-order valence-electron chi connectivity index (χ3n) is 2.68. The van der Waals surface area contributed by atoms with E-state index >= 15 is 0 Å². The lowest BCUT2D eigenvalue weighted by Crippen LogP contribution is -2.38. The molecule has 2 aromatic heterocycles. The minimum atomic E-state index is -1.16. The smallest absolute Gasteiger partial charge is 0.270 e. The molecular weight excluding hydrogens is 267 g/mol. The van der Waals surface area contributed by atoms with Gasteiger partial charge in [-0.05, 0) is 41.4 Å². The lowest BCUT2D eigenvalue weighted by Gasteiger charge is -2.22. The zero-order valence-electron chi connectivity index (χ0n) is 10.3. The molecule has 2 aromatic rings. The Morgan fingerprint density at radius 1 is 1.53 bits per heavy atom. The van der Waals surface area contributed by atoms with Crippen molar-refractivity contribution in [3.8, 4) is 0 Å². The van der Waals surface area contributed by atoms with Crippen LogP contribution in [0.3, 0.4) is 0 Å². The molecule has 0 aliphatic heterocycles. The SMILES string of the molecule is CC(O)(CNC(=O)c1cccc(F)n1)c1ccsc1. The number of nitrogens with zero attached hydrogens (tertiary/aromatic N) is 1. The average molecular weight is 280 g/mol. The number of hydrogen-bond acceptors (Lipinski definition) is 4. The molecule has 100 valence electrons. The van der Waals surface area contributed by atoms with Gasteiger partial charge in [-0.25, -0.2) is 4.98 Å². The van der Waals surface area contributed by atoms with Gasteiger partial charge >= 0.3 is 0 Å². The van der Waals surface area contributed by atoms with E-state index in [1.165, 1.54) is 23.5 Å². The zero-order chi connectivity index (χ0) is 13.9. The summed E-state index contributed by atoms with van der Waals surface area (Å²) in [7, 11) is 0. The number of nitrogens with one attached hydrogen (secondary N) is 1. The standard InChI is InChI=1S/C13H13FN2O2S/c1-13(18,9-5-6-19-7-9)8-15-12(17)10-3-2-4-11(14)16-10/h2-7,18H,8H2,1H3,(H,15,17). The number of pyridine rings is 1. The predicted octanol–water partition coefficient (Wildman–Crippen LogP) is 1.92. The predicted molar refractivity (Wildman–Crippen MR) is 70.4 cm³/mol. The number of hydrogen-bond donors (Lipinski definition) is 2. The van der Waals surface area contributed by atoms with Crippen molar-refractivity contribution in [2.45, 2.75) is 12.5 Å². The van der Waals surface area contributed by atoms with Crippen LogP contribution in [0.4, 0.5) is 4.39 Å². The topological polar surface area (TPSA) is 62.2 Å². The van der Waals surface area contributed by atoms with Crippen molar-refractivity contribution >= 4 is 17.2 Å². The van der Waals surface area contributed by atoms with Crippen LogP contribution in [0, 0.1) is 5.95 Å². The highest BCUT2D eigenvalue weighted by Crippen LogP contribution is 2.22. The third kappa shape index (κ3) is 3.36. The van der Waals surface area contributed by atoms with E-state index in [1.807, 2.05) is 10.8 Å². The maximum absolute atomic E-state index is 12.9. The van der Waals surface area contributed by atoms with Gasteiger partial charge in [-0.1, -0.05) is 6.07 Å². The van der Waals surface area contributed by atoms with E-state index in [2.05, 4.69) is 10.3 Å². The summed E-state index contributed by atoms with van der Waals surface area (Å²) < 4.78 is 12.9. The quantitative estimate of drug-likeness (QED) is 0.841. The van der Waals surface area contributed by atoms with Gasteiger partial charge in [0.05, 0.1) is 6.54 Å². The number of aromatic nitrogens is 1. The van der Waals surface area contributed by atoms with Crippen molar-refractivity contribution in [1.29, 1.82) is 0 Å². The molecule has 0 aliphatic carbocycles. The Hall–Kier alpha value is -1.79. The van der Waals surface area contributed by atoms with Gasteiger partial charge in [-0.2, -0.15) is 15.7 Å². The molecule has 6 heteroatoms. The molecule has 0 fully saturated rings. The van der Waals surface area contributed by atoms with Gasteiger partial charge in [0, 0.05) is 0 Å². The Morgan fingerprint density at radius 2 is 2.32 bits per heavy atom. The van der Waals surface area contributed by atoms with Gasteiger partial charge < -0.3 is 10.4 Å². The molecule has 2 N–H and O–H groups in total. The molecule has 0 aliphatic rings. The van der Waals surface area contributed by atoms with Crippen molar-refractivity contribution in [2.75, 3.05) is 6.54 Å². The first kappa shape index (κ1) is 13.6. The first-order chi connectivity index (χ1) is 8.99. The summed E-state index contributed by atoms with van der Waals surface area (Å²) in [6.45, 7) is 1.63. The van der Waals surface area contributed by atoms with Crippen LogP contribution in [-0.4, -0.2) is 22.5 Å². The Kier molecular flexibility index (Phi) is 3.92. The lowest BCUT2D eigenvalue weighted by molar-refractivity contribution is 0.0528. The number of carbonyl (C=O) groups excluding carboxylic acids is 1. The molecule has 0 saturated carbocycles. The fourth-order valence-electron chi connectivity index (χ4n) is 1.55. The molecular formula is C13H13FN2O2S. The minimum absolute atomic E-state index is 0.0129. The van der Waals surface area contributed by atoms with Gasteiger partial charge in [0.25, 0.3) is 5.91 Å². The van der Waals surface area contributed by atoms with Crippen molar-refractivity contribution < 1.29 is 14.3 Å². The minimum Gasteiger partial charge on any atom is -0.384 e. The maximum Gasteiger partial charge on any atom is 0.270 e. The number of aliphatic hydroxyl groups is 1. The molecule has 1 unspecified atom stereocenters. The summed E-state index contributed by atoms with van der Waals surface area (Å²) in [6.07, 6.45) is 0. The first-order valence-corrected chi connectivity index (χ1v) is 6.59. The molecule has 19 heavy (non-hydrogen) atoms. The molecule has 0 spiro atoms. The Morgan fingerprint density at radius 3 is 2.95 bits per heavy atom. The van der Waals surface area contributed by atoms with Gasteiger partial charge in [0.2, 0.25) is 5.95 Å². The van der Waals surface area contributed by atoms with E-state index in [-0.39, 0.29) is 12.2 Å². The van der Waals surface area contributed by atoms with Crippen molar-refractivity contribution in [2.24, 2.45) is 0 Å². The van der Waals surface area contributed by atoms with E-state index in [0.717, 1.165) is 11.6 Å². The summed E-state index contributed by atoms with van der Waals surface area (Å²) in [5.41, 5.74) is -0.450. The zero-order valence-corrected chi connectivity index (χ0v) is 11.1. The van der Waals surface area contributed by atoms with E-state index in [1.54, 1.807) is 13.0 Å². The van der Waals surface area contributed by atoms with Gasteiger partial charge in [0.1, 0.15) is 11.3 Å². The van der Waals surface area contributed by atoms with Crippen LogP contribution in [0.15, 0.2) is 35.0 Å². The summed E-state index contributed by atoms with van der Waals surface area (Å²) in [6, 6.07) is 5.78. The van der Waals surface area contributed by atoms with Crippen LogP contribution >= 0.6 is 11.3 Å². The van der Waals surface area contributed by atoms with Crippen LogP contribution in [0.25, 0.3) is 0 Å². The van der Waals surface area contributed by atoms with Crippen molar-refractivity contribution in [3.63, 3.8) is 0 Å². The van der Waals surface area contributed by atoms with Crippen LogP contribution in [-0.2, 0) is 5.60 Å². The highest BCUT2D eigenvalue weighted by atomic mass is 32.1. The second-order valence-corrected chi connectivity index (χ2v) is 5.09. The maximum atomic E-state index is 12.9. The fourth-order valence-corrected chi connectivity index (χ4v) is 2.33. The Balaban J connectivity index is 2.01. The highest BCUT2D eigenvalue weighted by molar-refractivity contribution is 7.08. The van der Waals surface area contributed by atoms with Crippen molar-refractivity contribution in [3.05, 3.63) is 52.2 Å². The van der Waals surface area contributed by atoms with Crippen LogP contribution in [0.1, 0.15) is 23.0 Å². The Labute approximate surface area is 113 Å². The Bertz CT molecular complexity index is 570. The fraction of sp³-hybridized carbons (Fsp3) is 0.231. The number of amides is 1. The summed E-state index contributed by atoms with van der Waals surface area (Å²) >= 11 is 1.46. The molecule has 0 aromatic carbocycles. The summed E-state index contributed by atoms with van der Waals surface area (Å²) in [5.74, 6) is -1.23. The van der Waals surface area contributed by atoms with Crippen molar-refractivity contribution in [1.82, 2.24) is 10.3 Å². The van der Waals surface area contributed by atoms with Gasteiger partial charge in [-0.3, -0.25) is 4.79 Å². The van der Waals surface area contributed by atoms with E-state index < -0.39 is 17.5 Å². The number of halogens is 1. The van der Waals surface area contributed by atoms with E-state index in [9.17, 15) is 14.3 Å². The average Bonchev–Trinajstić information content (AvgIpc) is 2.90. The third-order valence-corrected chi connectivity index (χ3v) is 3.37. The molecule has 1 amide bonds. The lowest BCUT2D eigenvalue weighted by atomic mass is 9.99. The molecule has 4 nitrogen and oxygen atoms in total. The van der Waals surface area contributed by atoms with E-state index in [0.29, 0.717) is 0 Å². The van der Waals surface area contributed by atoms with Crippen LogP contribution in [0.5, 0.6) is 0 Å². The number of thiophene rings is 1. The molecule has 2 heterocycles. The summed E-state index contributed by atoms with van der Waals surface area (Å²) in [4.78, 5) is 15.2. The molecule has 1 atom stereocenters. The first-order valence-electron chi connectivity index (χ1n) is 5.65.